The first-order chi connectivity index (χ1) is 8.70. The van der Waals surface area contributed by atoms with E-state index in [4.69, 9.17) is 0 Å². The van der Waals surface area contributed by atoms with E-state index in [0.29, 0.717) is 12.1 Å². The fourth-order valence-electron chi connectivity index (χ4n) is 2.74. The molecule has 3 heteroatoms. The van der Waals surface area contributed by atoms with Crippen LogP contribution in [0.3, 0.4) is 0 Å². The molecule has 0 amide bonds. The molecule has 100 valence electrons. The first-order valence-corrected chi connectivity index (χ1v) is 7.07. The Balaban J connectivity index is 2.06. The van der Waals surface area contributed by atoms with Gasteiger partial charge in [-0.05, 0) is 24.5 Å². The van der Waals surface area contributed by atoms with Gasteiger partial charge in [0.05, 0.1) is 0 Å². The summed E-state index contributed by atoms with van der Waals surface area (Å²) in [6.07, 6.45) is 5.07. The van der Waals surface area contributed by atoms with Crippen molar-refractivity contribution >= 4 is 0 Å². The molecular formula is C15H25N3. The van der Waals surface area contributed by atoms with E-state index < -0.39 is 0 Å². The molecule has 3 nitrogen and oxygen atoms in total. The molecule has 1 aliphatic heterocycles. The van der Waals surface area contributed by atoms with Gasteiger partial charge in [-0.15, -0.1) is 0 Å². The quantitative estimate of drug-likeness (QED) is 0.885. The Morgan fingerprint density at radius 3 is 3.06 bits per heavy atom. The number of hydrogen-bond donors (Lipinski definition) is 1. The van der Waals surface area contributed by atoms with Crippen LogP contribution in [0.15, 0.2) is 24.5 Å². The minimum atomic E-state index is 0.585. The first kappa shape index (κ1) is 13.5. The zero-order valence-corrected chi connectivity index (χ0v) is 11.8. The third-order valence-corrected chi connectivity index (χ3v) is 4.06. The monoisotopic (exact) mass is 247 g/mol. The lowest BCUT2D eigenvalue weighted by Gasteiger charge is -2.42. The van der Waals surface area contributed by atoms with Crippen LogP contribution in [0.1, 0.15) is 32.8 Å². The normalized spacial score (nSPS) is 27.1. The van der Waals surface area contributed by atoms with Gasteiger partial charge in [0.15, 0.2) is 0 Å². The zero-order valence-electron chi connectivity index (χ0n) is 11.8. The van der Waals surface area contributed by atoms with Gasteiger partial charge in [0.2, 0.25) is 0 Å². The van der Waals surface area contributed by atoms with Crippen LogP contribution in [0, 0.1) is 5.92 Å². The topological polar surface area (TPSA) is 28.2 Å². The Labute approximate surface area is 111 Å². The average molecular weight is 247 g/mol. The second kappa shape index (κ2) is 6.30. The highest BCUT2D eigenvalue weighted by atomic mass is 15.2. The van der Waals surface area contributed by atoms with Crippen LogP contribution in [0.25, 0.3) is 0 Å². The molecule has 1 fully saturated rings. The molecule has 1 N–H and O–H groups in total. The van der Waals surface area contributed by atoms with Gasteiger partial charge in [0.25, 0.3) is 0 Å². The number of hydrogen-bond acceptors (Lipinski definition) is 3. The molecule has 2 rings (SSSR count). The first-order valence-electron chi connectivity index (χ1n) is 7.07. The second-order valence-corrected chi connectivity index (χ2v) is 5.55. The Hall–Kier alpha value is -0.930. The molecule has 0 aromatic carbocycles. The summed E-state index contributed by atoms with van der Waals surface area (Å²) in [6.45, 7) is 10.2. The van der Waals surface area contributed by atoms with Gasteiger partial charge in [-0.3, -0.25) is 9.88 Å². The van der Waals surface area contributed by atoms with Crippen LogP contribution in [-0.4, -0.2) is 35.1 Å². The third kappa shape index (κ3) is 3.30. The number of rotatable bonds is 4. The van der Waals surface area contributed by atoms with E-state index in [9.17, 15) is 0 Å². The van der Waals surface area contributed by atoms with Crippen molar-refractivity contribution in [3.05, 3.63) is 30.1 Å². The Morgan fingerprint density at radius 1 is 1.56 bits per heavy atom. The van der Waals surface area contributed by atoms with Crippen molar-refractivity contribution < 1.29 is 0 Å². The minimum Gasteiger partial charge on any atom is -0.311 e. The maximum absolute atomic E-state index is 4.22. The van der Waals surface area contributed by atoms with E-state index in [1.54, 1.807) is 0 Å². The van der Waals surface area contributed by atoms with E-state index in [1.165, 1.54) is 12.0 Å². The highest BCUT2D eigenvalue weighted by Crippen LogP contribution is 2.20. The summed E-state index contributed by atoms with van der Waals surface area (Å²) in [5.41, 5.74) is 1.32. The van der Waals surface area contributed by atoms with Gasteiger partial charge in [-0.25, -0.2) is 0 Å². The van der Waals surface area contributed by atoms with Crippen LogP contribution in [0.2, 0.25) is 0 Å². The minimum absolute atomic E-state index is 0.585. The van der Waals surface area contributed by atoms with Crippen molar-refractivity contribution in [1.82, 2.24) is 15.2 Å². The summed E-state index contributed by atoms with van der Waals surface area (Å²) < 4.78 is 0. The van der Waals surface area contributed by atoms with E-state index in [1.807, 2.05) is 18.5 Å². The van der Waals surface area contributed by atoms with Gasteiger partial charge >= 0.3 is 0 Å². The molecule has 0 aliphatic carbocycles. The molecule has 0 saturated carbocycles. The van der Waals surface area contributed by atoms with Gasteiger partial charge in [0.1, 0.15) is 0 Å². The van der Waals surface area contributed by atoms with E-state index in [0.717, 1.165) is 25.6 Å². The molecule has 1 aromatic heterocycles. The second-order valence-electron chi connectivity index (χ2n) is 5.55. The molecule has 0 bridgehead atoms. The largest absolute Gasteiger partial charge is 0.311 e. The van der Waals surface area contributed by atoms with Crippen LogP contribution in [0.5, 0.6) is 0 Å². The number of pyridine rings is 1. The standard InChI is InChI=1S/C15H25N3/c1-4-12(2)15-9-17-13(3)10-18(15)11-14-6-5-7-16-8-14/h5-8,12-13,15,17H,4,9-11H2,1-3H3. The van der Waals surface area contributed by atoms with Crippen molar-refractivity contribution in [2.45, 2.75) is 45.8 Å². The maximum atomic E-state index is 4.22. The van der Waals surface area contributed by atoms with Crippen molar-refractivity contribution in [1.29, 1.82) is 0 Å². The van der Waals surface area contributed by atoms with Crippen molar-refractivity contribution in [2.24, 2.45) is 5.92 Å². The molecule has 0 spiro atoms. The predicted octanol–water partition coefficient (Wildman–Crippen LogP) is 2.29. The molecule has 3 unspecified atom stereocenters. The molecule has 1 saturated heterocycles. The van der Waals surface area contributed by atoms with Crippen LogP contribution in [0.4, 0.5) is 0 Å². The predicted molar refractivity (Wildman–Crippen MR) is 75.4 cm³/mol. The van der Waals surface area contributed by atoms with Crippen molar-refractivity contribution in [3.8, 4) is 0 Å². The molecule has 0 radical (unpaired) electrons. The molecule has 3 atom stereocenters. The Morgan fingerprint density at radius 2 is 2.39 bits per heavy atom. The SMILES string of the molecule is CCC(C)C1CNC(C)CN1Cc1cccnc1. The third-order valence-electron chi connectivity index (χ3n) is 4.06. The van der Waals surface area contributed by atoms with Gasteiger partial charge in [0, 0.05) is 44.1 Å². The summed E-state index contributed by atoms with van der Waals surface area (Å²) in [7, 11) is 0. The highest BCUT2D eigenvalue weighted by molar-refractivity contribution is 5.09. The summed E-state index contributed by atoms with van der Waals surface area (Å²) in [6, 6.07) is 5.43. The molecule has 2 heterocycles. The smallest absolute Gasteiger partial charge is 0.0312 e. The molecule has 1 aliphatic rings. The summed E-state index contributed by atoms with van der Waals surface area (Å²) in [5.74, 6) is 0.738. The highest BCUT2D eigenvalue weighted by Gasteiger charge is 2.28. The van der Waals surface area contributed by atoms with Crippen LogP contribution >= 0.6 is 0 Å². The Kier molecular flexibility index (Phi) is 4.72. The maximum Gasteiger partial charge on any atom is 0.0312 e. The van der Waals surface area contributed by atoms with Crippen LogP contribution in [-0.2, 0) is 6.54 Å². The Bertz CT molecular complexity index is 352. The summed E-state index contributed by atoms with van der Waals surface area (Å²) >= 11 is 0. The summed E-state index contributed by atoms with van der Waals surface area (Å²) in [5, 5.41) is 3.61. The lowest BCUT2D eigenvalue weighted by atomic mass is 9.94. The zero-order chi connectivity index (χ0) is 13.0. The number of nitrogens with zero attached hydrogens (tertiary/aromatic N) is 2. The molecular weight excluding hydrogens is 222 g/mol. The number of piperazine rings is 1. The van der Waals surface area contributed by atoms with E-state index in [-0.39, 0.29) is 0 Å². The fourth-order valence-corrected chi connectivity index (χ4v) is 2.74. The van der Waals surface area contributed by atoms with Crippen LogP contribution < -0.4 is 5.32 Å². The average Bonchev–Trinajstić information content (AvgIpc) is 2.39. The molecule has 1 aromatic rings. The lowest BCUT2D eigenvalue weighted by molar-refractivity contribution is 0.0884. The number of nitrogens with one attached hydrogen (secondary N) is 1. The molecule has 18 heavy (non-hydrogen) atoms. The van der Waals surface area contributed by atoms with E-state index in [2.05, 4.69) is 42.0 Å². The van der Waals surface area contributed by atoms with Gasteiger partial charge in [-0.2, -0.15) is 0 Å². The summed E-state index contributed by atoms with van der Waals surface area (Å²) in [4.78, 5) is 6.83. The van der Waals surface area contributed by atoms with E-state index >= 15 is 0 Å². The van der Waals surface area contributed by atoms with Gasteiger partial charge in [-0.1, -0.05) is 26.3 Å². The van der Waals surface area contributed by atoms with Gasteiger partial charge < -0.3 is 5.32 Å². The lowest BCUT2D eigenvalue weighted by Crippen LogP contribution is -2.57. The number of aromatic nitrogens is 1. The van der Waals surface area contributed by atoms with Crippen molar-refractivity contribution in [2.75, 3.05) is 13.1 Å². The van der Waals surface area contributed by atoms with Crippen molar-refractivity contribution in [3.63, 3.8) is 0 Å². The fraction of sp³-hybridized carbons (Fsp3) is 0.667.